The summed E-state index contributed by atoms with van der Waals surface area (Å²) in [6, 6.07) is 12.0. The highest BCUT2D eigenvalue weighted by Gasteiger charge is 2.15. The van der Waals surface area contributed by atoms with Crippen LogP contribution in [0.4, 0.5) is 0 Å². The predicted molar refractivity (Wildman–Crippen MR) is 112 cm³/mol. The Labute approximate surface area is 172 Å². The van der Waals surface area contributed by atoms with Crippen molar-refractivity contribution in [1.82, 2.24) is 5.32 Å². The van der Waals surface area contributed by atoms with E-state index in [-0.39, 0.29) is 0 Å². The number of methoxy groups -OCH3 is 1. The van der Waals surface area contributed by atoms with E-state index in [2.05, 4.69) is 5.32 Å². The standard InChI is InChI=1S/C22H27Cl2NO2/c1-26-21-12-17(14-25-19-9-4-2-3-5-10-19)20(24)13-22(21)27-15-16-7-6-8-18(23)11-16/h6-8,11-13,19,25H,2-5,9-10,14-15H2,1H3. The van der Waals surface area contributed by atoms with E-state index in [4.69, 9.17) is 32.7 Å². The van der Waals surface area contributed by atoms with Crippen molar-refractivity contribution in [1.29, 1.82) is 0 Å². The van der Waals surface area contributed by atoms with E-state index < -0.39 is 0 Å². The molecule has 0 atom stereocenters. The highest BCUT2D eigenvalue weighted by Crippen LogP contribution is 2.34. The van der Waals surface area contributed by atoms with Crippen molar-refractivity contribution in [2.45, 2.75) is 57.7 Å². The van der Waals surface area contributed by atoms with Gasteiger partial charge in [-0.25, -0.2) is 0 Å². The van der Waals surface area contributed by atoms with Crippen LogP contribution in [-0.4, -0.2) is 13.2 Å². The van der Waals surface area contributed by atoms with Crippen LogP contribution in [0.1, 0.15) is 49.7 Å². The number of hydrogen-bond acceptors (Lipinski definition) is 3. The first-order valence-corrected chi connectivity index (χ1v) is 10.4. The number of hydrogen-bond donors (Lipinski definition) is 1. The molecular weight excluding hydrogens is 381 g/mol. The molecule has 0 saturated heterocycles. The zero-order valence-electron chi connectivity index (χ0n) is 15.8. The van der Waals surface area contributed by atoms with E-state index in [0.717, 1.165) is 17.7 Å². The zero-order chi connectivity index (χ0) is 19.1. The average molecular weight is 408 g/mol. The van der Waals surface area contributed by atoms with Crippen molar-refractivity contribution in [3.05, 3.63) is 57.6 Å². The molecule has 2 aromatic rings. The molecule has 0 aliphatic heterocycles. The van der Waals surface area contributed by atoms with Crippen molar-refractivity contribution in [2.75, 3.05) is 7.11 Å². The SMILES string of the molecule is COc1cc(CNC2CCCCCC2)c(Cl)cc1OCc1cccc(Cl)c1. The number of benzene rings is 2. The summed E-state index contributed by atoms with van der Waals surface area (Å²) in [7, 11) is 1.65. The topological polar surface area (TPSA) is 30.5 Å². The average Bonchev–Trinajstić information content (AvgIpc) is 2.94. The maximum atomic E-state index is 6.52. The Morgan fingerprint density at radius 2 is 1.78 bits per heavy atom. The molecule has 146 valence electrons. The summed E-state index contributed by atoms with van der Waals surface area (Å²) in [4.78, 5) is 0. The molecule has 1 saturated carbocycles. The van der Waals surface area contributed by atoms with E-state index >= 15 is 0 Å². The van der Waals surface area contributed by atoms with E-state index in [9.17, 15) is 0 Å². The lowest BCUT2D eigenvalue weighted by Gasteiger charge is -2.18. The smallest absolute Gasteiger partial charge is 0.163 e. The summed E-state index contributed by atoms with van der Waals surface area (Å²) >= 11 is 12.6. The fourth-order valence-corrected chi connectivity index (χ4v) is 3.94. The third-order valence-corrected chi connectivity index (χ3v) is 5.64. The second-order valence-electron chi connectivity index (χ2n) is 7.08. The summed E-state index contributed by atoms with van der Waals surface area (Å²) in [5, 5.41) is 5.05. The van der Waals surface area contributed by atoms with E-state index in [0.29, 0.717) is 34.2 Å². The summed E-state index contributed by atoms with van der Waals surface area (Å²) in [6.45, 7) is 1.15. The zero-order valence-corrected chi connectivity index (χ0v) is 17.3. The van der Waals surface area contributed by atoms with Crippen molar-refractivity contribution in [2.24, 2.45) is 0 Å². The van der Waals surface area contributed by atoms with Crippen molar-refractivity contribution >= 4 is 23.2 Å². The van der Waals surface area contributed by atoms with Gasteiger partial charge in [0.2, 0.25) is 0 Å². The van der Waals surface area contributed by atoms with Gasteiger partial charge in [-0.15, -0.1) is 0 Å². The molecule has 1 fully saturated rings. The second kappa shape index (κ2) is 10.2. The van der Waals surface area contributed by atoms with Crippen LogP contribution in [0.5, 0.6) is 11.5 Å². The predicted octanol–water partition coefficient (Wildman–Crippen LogP) is 6.39. The van der Waals surface area contributed by atoms with Gasteiger partial charge >= 0.3 is 0 Å². The third-order valence-electron chi connectivity index (χ3n) is 5.05. The van der Waals surface area contributed by atoms with Gasteiger partial charge in [-0.1, -0.05) is 61.0 Å². The van der Waals surface area contributed by atoms with Crippen LogP contribution in [0.3, 0.4) is 0 Å². The quantitative estimate of drug-likeness (QED) is 0.538. The largest absolute Gasteiger partial charge is 0.493 e. The normalized spacial score (nSPS) is 15.4. The monoisotopic (exact) mass is 407 g/mol. The molecule has 1 aliphatic carbocycles. The van der Waals surface area contributed by atoms with Gasteiger partial charge in [0.1, 0.15) is 6.61 Å². The lowest BCUT2D eigenvalue weighted by atomic mass is 10.1. The molecule has 0 radical (unpaired) electrons. The second-order valence-corrected chi connectivity index (χ2v) is 7.93. The Balaban J connectivity index is 1.65. The Morgan fingerprint density at radius 3 is 2.48 bits per heavy atom. The van der Waals surface area contributed by atoms with Crippen LogP contribution in [0.2, 0.25) is 10.0 Å². The van der Waals surface area contributed by atoms with Crippen molar-refractivity contribution < 1.29 is 9.47 Å². The number of ether oxygens (including phenoxy) is 2. The molecule has 0 amide bonds. The first-order chi connectivity index (χ1) is 13.2. The summed E-state index contributed by atoms with van der Waals surface area (Å²) in [6.07, 6.45) is 7.82. The van der Waals surface area contributed by atoms with Gasteiger partial charge in [-0.3, -0.25) is 0 Å². The Bertz CT molecular complexity index is 743. The van der Waals surface area contributed by atoms with Gasteiger partial charge < -0.3 is 14.8 Å². The molecule has 27 heavy (non-hydrogen) atoms. The lowest BCUT2D eigenvalue weighted by molar-refractivity contribution is 0.284. The Kier molecular flexibility index (Phi) is 7.69. The minimum atomic E-state index is 0.410. The minimum Gasteiger partial charge on any atom is -0.493 e. The van der Waals surface area contributed by atoms with Gasteiger partial charge in [-0.05, 0) is 42.2 Å². The van der Waals surface area contributed by atoms with Gasteiger partial charge in [0.15, 0.2) is 11.5 Å². The molecule has 0 bridgehead atoms. The number of halogens is 2. The van der Waals surface area contributed by atoms with E-state index in [1.807, 2.05) is 36.4 Å². The van der Waals surface area contributed by atoms with Crippen LogP contribution in [0.15, 0.2) is 36.4 Å². The molecule has 0 spiro atoms. The molecular formula is C22H27Cl2NO2. The van der Waals surface area contributed by atoms with E-state index in [1.54, 1.807) is 7.11 Å². The fourth-order valence-electron chi connectivity index (χ4n) is 3.51. The van der Waals surface area contributed by atoms with Crippen LogP contribution in [-0.2, 0) is 13.2 Å². The lowest BCUT2D eigenvalue weighted by Crippen LogP contribution is -2.28. The maximum Gasteiger partial charge on any atom is 0.163 e. The van der Waals surface area contributed by atoms with Gasteiger partial charge in [0.05, 0.1) is 7.11 Å². The molecule has 0 heterocycles. The summed E-state index contributed by atoms with van der Waals surface area (Å²) < 4.78 is 11.5. The Hall–Kier alpha value is -1.42. The molecule has 3 nitrogen and oxygen atoms in total. The number of nitrogens with one attached hydrogen (secondary N) is 1. The maximum absolute atomic E-state index is 6.52. The first-order valence-electron chi connectivity index (χ1n) is 9.63. The van der Waals surface area contributed by atoms with Crippen LogP contribution in [0.25, 0.3) is 0 Å². The molecule has 1 aliphatic rings. The Morgan fingerprint density at radius 1 is 1.00 bits per heavy atom. The van der Waals surface area contributed by atoms with E-state index in [1.165, 1.54) is 38.5 Å². The summed E-state index contributed by atoms with van der Waals surface area (Å²) in [5.74, 6) is 1.33. The van der Waals surface area contributed by atoms with Crippen molar-refractivity contribution in [3.63, 3.8) is 0 Å². The first kappa shape index (κ1) is 20.3. The molecule has 0 aromatic heterocycles. The highest BCUT2D eigenvalue weighted by atomic mass is 35.5. The fraction of sp³-hybridized carbons (Fsp3) is 0.455. The molecule has 2 aromatic carbocycles. The van der Waals surface area contributed by atoms with Crippen LogP contribution >= 0.6 is 23.2 Å². The highest BCUT2D eigenvalue weighted by molar-refractivity contribution is 6.31. The molecule has 1 N–H and O–H groups in total. The molecule has 3 rings (SSSR count). The molecule has 5 heteroatoms. The number of rotatable bonds is 7. The van der Waals surface area contributed by atoms with Crippen molar-refractivity contribution in [3.8, 4) is 11.5 Å². The summed E-state index contributed by atoms with van der Waals surface area (Å²) in [5.41, 5.74) is 2.03. The molecule has 0 unspecified atom stereocenters. The van der Waals surface area contributed by atoms with Crippen LogP contribution < -0.4 is 14.8 Å². The minimum absolute atomic E-state index is 0.410. The van der Waals surface area contributed by atoms with Crippen LogP contribution in [0, 0.1) is 0 Å². The van der Waals surface area contributed by atoms with Gasteiger partial charge in [0, 0.05) is 28.7 Å². The van der Waals surface area contributed by atoms with Gasteiger partial charge in [-0.2, -0.15) is 0 Å². The van der Waals surface area contributed by atoms with Gasteiger partial charge in [0.25, 0.3) is 0 Å². The third kappa shape index (κ3) is 6.03.